The van der Waals surface area contributed by atoms with E-state index in [0.717, 1.165) is 65.2 Å². The third-order valence-corrected chi connectivity index (χ3v) is 5.99. The summed E-state index contributed by atoms with van der Waals surface area (Å²) in [4.78, 5) is 21.7. The van der Waals surface area contributed by atoms with Gasteiger partial charge in [0.2, 0.25) is 11.9 Å². The van der Waals surface area contributed by atoms with Gasteiger partial charge in [0.05, 0.1) is 5.52 Å². The second-order valence-electron chi connectivity index (χ2n) is 8.29. The number of benzene rings is 2. The molecule has 0 aliphatic carbocycles. The molecule has 0 atom stereocenters. The standard InChI is InChI=1S/C25H25FN6O/c1-15-12-20-18(22(27)33)9-5-10-21(20)32(15)25-30-23-19(8-2-3-11-28-23)24(31-25)29-14-16-6-4-7-17(26)13-16/h4-7,9-10,12-13H,2-3,8,11,14H2,1H3,(H2,27,33)(H2,28,29,30,31). The predicted molar refractivity (Wildman–Crippen MR) is 127 cm³/mol. The lowest BCUT2D eigenvalue weighted by Gasteiger charge is -2.17. The Hall–Kier alpha value is -3.94. The van der Waals surface area contributed by atoms with Gasteiger partial charge in [-0.2, -0.15) is 9.97 Å². The summed E-state index contributed by atoms with van der Waals surface area (Å²) in [5, 5.41) is 7.60. The van der Waals surface area contributed by atoms with E-state index >= 15 is 0 Å². The first-order valence-electron chi connectivity index (χ1n) is 11.1. The Bertz CT molecular complexity index is 1360. The van der Waals surface area contributed by atoms with Crippen molar-refractivity contribution in [2.24, 2.45) is 5.73 Å². The summed E-state index contributed by atoms with van der Waals surface area (Å²) in [6.45, 7) is 3.23. The van der Waals surface area contributed by atoms with Crippen LogP contribution in [0, 0.1) is 12.7 Å². The first-order valence-corrected chi connectivity index (χ1v) is 11.1. The molecule has 0 radical (unpaired) electrons. The van der Waals surface area contributed by atoms with Crippen molar-refractivity contribution in [3.05, 3.63) is 76.7 Å². The van der Waals surface area contributed by atoms with Crippen LogP contribution in [0.4, 0.5) is 16.0 Å². The number of primary amides is 1. The lowest BCUT2D eigenvalue weighted by atomic mass is 10.1. The van der Waals surface area contributed by atoms with Crippen molar-refractivity contribution >= 4 is 28.4 Å². The van der Waals surface area contributed by atoms with Crippen LogP contribution in [0.3, 0.4) is 0 Å². The minimum absolute atomic E-state index is 0.266. The first-order chi connectivity index (χ1) is 16.0. The van der Waals surface area contributed by atoms with Crippen LogP contribution in [-0.4, -0.2) is 27.0 Å². The molecular formula is C25H25FN6O. The van der Waals surface area contributed by atoms with Crippen molar-refractivity contribution in [2.45, 2.75) is 32.7 Å². The van der Waals surface area contributed by atoms with E-state index in [1.807, 2.05) is 35.8 Å². The minimum atomic E-state index is -0.472. The van der Waals surface area contributed by atoms with Crippen LogP contribution in [-0.2, 0) is 13.0 Å². The number of nitrogens with one attached hydrogen (secondary N) is 2. The summed E-state index contributed by atoms with van der Waals surface area (Å²) in [6, 6.07) is 13.9. The summed E-state index contributed by atoms with van der Waals surface area (Å²) in [6.07, 6.45) is 2.93. The number of anilines is 2. The van der Waals surface area contributed by atoms with E-state index in [0.29, 0.717) is 18.1 Å². The van der Waals surface area contributed by atoms with E-state index in [1.165, 1.54) is 12.1 Å². The number of hydrogen-bond acceptors (Lipinski definition) is 5. The number of halogens is 1. The van der Waals surface area contributed by atoms with Crippen LogP contribution in [0.25, 0.3) is 16.9 Å². The summed E-state index contributed by atoms with van der Waals surface area (Å²) in [5.74, 6) is 1.28. The molecule has 0 saturated heterocycles. The lowest BCUT2D eigenvalue weighted by molar-refractivity contribution is 0.100. The molecule has 168 valence electrons. The Morgan fingerprint density at radius 3 is 2.85 bits per heavy atom. The van der Waals surface area contributed by atoms with E-state index in [9.17, 15) is 9.18 Å². The maximum absolute atomic E-state index is 13.7. The van der Waals surface area contributed by atoms with E-state index in [-0.39, 0.29) is 5.82 Å². The van der Waals surface area contributed by atoms with Gasteiger partial charge in [-0.25, -0.2) is 4.39 Å². The summed E-state index contributed by atoms with van der Waals surface area (Å²) < 4.78 is 15.6. The molecule has 4 aromatic rings. The van der Waals surface area contributed by atoms with Crippen molar-refractivity contribution < 1.29 is 9.18 Å². The molecule has 0 fully saturated rings. The largest absolute Gasteiger partial charge is 0.370 e. The molecule has 4 N–H and O–H groups in total. The number of aryl methyl sites for hydroxylation is 1. The van der Waals surface area contributed by atoms with Crippen LogP contribution in [0.2, 0.25) is 0 Å². The van der Waals surface area contributed by atoms with E-state index in [4.69, 9.17) is 15.7 Å². The highest BCUT2D eigenvalue weighted by Gasteiger charge is 2.20. The van der Waals surface area contributed by atoms with Crippen LogP contribution in [0.1, 0.15) is 40.0 Å². The average molecular weight is 445 g/mol. The van der Waals surface area contributed by atoms with Gasteiger partial charge in [-0.15, -0.1) is 0 Å². The first kappa shape index (κ1) is 20.9. The van der Waals surface area contributed by atoms with Gasteiger partial charge >= 0.3 is 0 Å². The summed E-state index contributed by atoms with van der Waals surface area (Å²) in [5.41, 5.74) is 9.62. The van der Waals surface area contributed by atoms with E-state index in [2.05, 4.69) is 10.6 Å². The van der Waals surface area contributed by atoms with Crippen LogP contribution in [0.15, 0.2) is 48.5 Å². The maximum Gasteiger partial charge on any atom is 0.249 e. The molecule has 0 spiro atoms. The number of amides is 1. The molecule has 1 aliphatic rings. The highest BCUT2D eigenvalue weighted by molar-refractivity contribution is 6.06. The molecule has 0 bridgehead atoms. The Kier molecular flexibility index (Phi) is 5.42. The lowest BCUT2D eigenvalue weighted by Crippen LogP contribution is -2.13. The van der Waals surface area contributed by atoms with Crippen LogP contribution >= 0.6 is 0 Å². The molecule has 1 aliphatic heterocycles. The van der Waals surface area contributed by atoms with Gasteiger partial charge < -0.3 is 16.4 Å². The molecule has 1 amide bonds. The molecule has 8 heteroatoms. The molecule has 0 saturated carbocycles. The highest BCUT2D eigenvalue weighted by atomic mass is 19.1. The van der Waals surface area contributed by atoms with E-state index < -0.39 is 5.91 Å². The fourth-order valence-corrected chi connectivity index (χ4v) is 4.41. The molecule has 33 heavy (non-hydrogen) atoms. The highest BCUT2D eigenvalue weighted by Crippen LogP contribution is 2.31. The van der Waals surface area contributed by atoms with Crippen LogP contribution < -0.4 is 16.4 Å². The van der Waals surface area contributed by atoms with Crippen molar-refractivity contribution in [1.82, 2.24) is 14.5 Å². The van der Waals surface area contributed by atoms with Crippen LogP contribution in [0.5, 0.6) is 0 Å². The Balaban J connectivity index is 1.62. The zero-order valence-electron chi connectivity index (χ0n) is 18.4. The molecule has 2 aromatic heterocycles. The molecule has 2 aromatic carbocycles. The van der Waals surface area contributed by atoms with Gasteiger partial charge in [0.15, 0.2) is 0 Å². The zero-order valence-corrected chi connectivity index (χ0v) is 18.4. The zero-order chi connectivity index (χ0) is 22.9. The number of rotatable bonds is 5. The average Bonchev–Trinajstić information content (AvgIpc) is 2.96. The third-order valence-electron chi connectivity index (χ3n) is 5.99. The maximum atomic E-state index is 13.7. The second kappa shape index (κ2) is 8.54. The fraction of sp³-hybridized carbons (Fsp3) is 0.240. The number of carbonyl (C=O) groups is 1. The minimum Gasteiger partial charge on any atom is -0.370 e. The number of carbonyl (C=O) groups excluding carboxylic acids is 1. The molecular weight excluding hydrogens is 419 g/mol. The number of nitrogens with zero attached hydrogens (tertiary/aromatic N) is 3. The molecule has 5 rings (SSSR count). The Morgan fingerprint density at radius 2 is 2.03 bits per heavy atom. The molecule has 0 unspecified atom stereocenters. The summed E-state index contributed by atoms with van der Waals surface area (Å²) in [7, 11) is 0. The van der Waals surface area contributed by atoms with Gasteiger partial charge in [0, 0.05) is 35.3 Å². The number of aromatic nitrogens is 3. The Morgan fingerprint density at radius 1 is 1.18 bits per heavy atom. The SMILES string of the molecule is Cc1cc2c(C(N)=O)cccc2n1-c1nc2c(c(NCc3cccc(F)c3)n1)CCCCN2. The third kappa shape index (κ3) is 4.00. The van der Waals surface area contributed by atoms with Gasteiger partial charge in [-0.1, -0.05) is 18.2 Å². The summed E-state index contributed by atoms with van der Waals surface area (Å²) >= 11 is 0. The van der Waals surface area contributed by atoms with E-state index in [1.54, 1.807) is 12.1 Å². The second-order valence-corrected chi connectivity index (χ2v) is 8.29. The smallest absolute Gasteiger partial charge is 0.249 e. The van der Waals surface area contributed by atoms with Gasteiger partial charge in [0.25, 0.3) is 0 Å². The van der Waals surface area contributed by atoms with Crippen molar-refractivity contribution in [3.63, 3.8) is 0 Å². The topological polar surface area (TPSA) is 97.9 Å². The van der Waals surface area contributed by atoms with Gasteiger partial charge in [0.1, 0.15) is 17.5 Å². The van der Waals surface area contributed by atoms with Crippen molar-refractivity contribution in [3.8, 4) is 5.95 Å². The fourth-order valence-electron chi connectivity index (χ4n) is 4.41. The molecule has 3 heterocycles. The number of hydrogen-bond donors (Lipinski definition) is 3. The Labute approximate surface area is 190 Å². The van der Waals surface area contributed by atoms with Crippen molar-refractivity contribution in [2.75, 3.05) is 17.2 Å². The van der Waals surface area contributed by atoms with Crippen molar-refractivity contribution in [1.29, 1.82) is 0 Å². The monoisotopic (exact) mass is 444 g/mol. The quantitative estimate of drug-likeness (QED) is 0.426. The molecule has 7 nitrogen and oxygen atoms in total. The normalized spacial score (nSPS) is 13.3. The van der Waals surface area contributed by atoms with Gasteiger partial charge in [-0.05, 0) is 62.1 Å². The number of fused-ring (bicyclic) bond motifs is 2. The number of nitrogens with two attached hydrogens (primary N) is 1. The predicted octanol–water partition coefficient (Wildman–Crippen LogP) is 4.33. The van der Waals surface area contributed by atoms with Gasteiger partial charge in [-0.3, -0.25) is 9.36 Å².